The number of benzene rings is 2. The molecule has 3 aromatic rings. The maximum absolute atomic E-state index is 6.32. The number of aromatic nitrogens is 3. The maximum atomic E-state index is 6.32. The molecule has 1 aliphatic heterocycles. The second kappa shape index (κ2) is 8.25. The Hall–Kier alpha value is -2.50. The fourth-order valence-corrected chi connectivity index (χ4v) is 3.61. The normalized spacial score (nSPS) is 17.8. The summed E-state index contributed by atoms with van der Waals surface area (Å²) in [7, 11) is 0. The molecular formula is C21H24N4O. The van der Waals surface area contributed by atoms with Crippen LogP contribution in [0.2, 0.25) is 0 Å². The summed E-state index contributed by atoms with van der Waals surface area (Å²) in [5.41, 5.74) is 2.39. The van der Waals surface area contributed by atoms with Crippen molar-refractivity contribution in [2.45, 2.75) is 18.4 Å². The average molecular weight is 348 g/mol. The zero-order chi connectivity index (χ0) is 17.6. The van der Waals surface area contributed by atoms with Crippen molar-refractivity contribution in [3.05, 3.63) is 83.9 Å². The Bertz CT molecular complexity index is 737. The molecule has 0 amide bonds. The lowest BCUT2D eigenvalue weighted by molar-refractivity contribution is 0.0641. The molecule has 5 heteroatoms. The van der Waals surface area contributed by atoms with Crippen LogP contribution in [0.4, 0.5) is 0 Å². The van der Waals surface area contributed by atoms with Gasteiger partial charge in [0.25, 0.3) is 0 Å². The van der Waals surface area contributed by atoms with Crippen LogP contribution in [0.15, 0.2) is 67.0 Å². The standard InChI is InChI=1S/C21H24N4O/c1-3-7-17(8-4-1)20(18-9-5-2-6-10-18)26-14-13-25-12-11-19(15-25)21-22-16-23-24-21/h1-10,16,19-20H,11-15H2,(H,22,23,24). The van der Waals surface area contributed by atoms with Crippen LogP contribution in [-0.2, 0) is 4.74 Å². The second-order valence-corrected chi connectivity index (χ2v) is 6.73. The van der Waals surface area contributed by atoms with E-state index < -0.39 is 0 Å². The van der Waals surface area contributed by atoms with Crippen LogP contribution in [-0.4, -0.2) is 46.3 Å². The third kappa shape index (κ3) is 4.00. The minimum atomic E-state index is -0.0231. The van der Waals surface area contributed by atoms with Crippen molar-refractivity contribution in [3.8, 4) is 0 Å². The largest absolute Gasteiger partial charge is 0.367 e. The number of rotatable bonds is 7. The van der Waals surface area contributed by atoms with Gasteiger partial charge in [0.1, 0.15) is 18.3 Å². The first-order valence-electron chi connectivity index (χ1n) is 9.19. The molecule has 1 aliphatic rings. The van der Waals surface area contributed by atoms with Gasteiger partial charge in [-0.05, 0) is 24.1 Å². The quantitative estimate of drug-likeness (QED) is 0.711. The van der Waals surface area contributed by atoms with Gasteiger partial charge in [-0.1, -0.05) is 60.7 Å². The summed E-state index contributed by atoms with van der Waals surface area (Å²) in [6, 6.07) is 20.9. The van der Waals surface area contributed by atoms with E-state index in [1.165, 1.54) is 11.1 Å². The van der Waals surface area contributed by atoms with E-state index in [2.05, 4.69) is 68.6 Å². The van der Waals surface area contributed by atoms with Crippen LogP contribution in [0.3, 0.4) is 0 Å². The van der Waals surface area contributed by atoms with Crippen molar-refractivity contribution >= 4 is 0 Å². The van der Waals surface area contributed by atoms with Crippen molar-refractivity contribution in [1.29, 1.82) is 0 Å². The average Bonchev–Trinajstić information content (AvgIpc) is 3.38. The number of aromatic amines is 1. The molecular weight excluding hydrogens is 324 g/mol. The number of nitrogens with zero attached hydrogens (tertiary/aromatic N) is 3. The lowest BCUT2D eigenvalue weighted by atomic mass is 10.0. The lowest BCUT2D eigenvalue weighted by Gasteiger charge is -2.21. The molecule has 1 fully saturated rings. The number of H-pyrrole nitrogens is 1. The third-order valence-electron chi connectivity index (χ3n) is 4.99. The van der Waals surface area contributed by atoms with Gasteiger partial charge in [0.05, 0.1) is 6.61 Å². The number of hydrogen-bond acceptors (Lipinski definition) is 4. The highest BCUT2D eigenvalue weighted by Gasteiger charge is 2.25. The van der Waals surface area contributed by atoms with Gasteiger partial charge < -0.3 is 9.64 Å². The van der Waals surface area contributed by atoms with Gasteiger partial charge in [-0.25, -0.2) is 4.98 Å². The predicted octanol–water partition coefficient (Wildman–Crippen LogP) is 3.40. The van der Waals surface area contributed by atoms with Crippen LogP contribution in [0.5, 0.6) is 0 Å². The Kier molecular flexibility index (Phi) is 5.38. The van der Waals surface area contributed by atoms with E-state index in [4.69, 9.17) is 4.74 Å². The number of ether oxygens (including phenoxy) is 1. The molecule has 1 aromatic heterocycles. The maximum Gasteiger partial charge on any atom is 0.137 e. The highest BCUT2D eigenvalue weighted by Crippen LogP contribution is 2.27. The van der Waals surface area contributed by atoms with E-state index in [1.807, 2.05) is 12.1 Å². The summed E-state index contributed by atoms with van der Waals surface area (Å²) < 4.78 is 6.32. The number of likely N-dealkylation sites (tertiary alicyclic amines) is 1. The first kappa shape index (κ1) is 16.9. The minimum Gasteiger partial charge on any atom is -0.367 e. The molecule has 1 atom stereocenters. The smallest absolute Gasteiger partial charge is 0.137 e. The molecule has 5 nitrogen and oxygen atoms in total. The third-order valence-corrected chi connectivity index (χ3v) is 4.99. The van der Waals surface area contributed by atoms with Crippen LogP contribution in [0, 0.1) is 0 Å². The van der Waals surface area contributed by atoms with Gasteiger partial charge in [0, 0.05) is 19.0 Å². The predicted molar refractivity (Wildman–Crippen MR) is 101 cm³/mol. The lowest BCUT2D eigenvalue weighted by Crippen LogP contribution is -2.26. The Morgan fingerprint density at radius 1 is 1.04 bits per heavy atom. The zero-order valence-electron chi connectivity index (χ0n) is 14.8. The second-order valence-electron chi connectivity index (χ2n) is 6.73. The summed E-state index contributed by atoms with van der Waals surface area (Å²) >= 11 is 0. The molecule has 2 aromatic carbocycles. The van der Waals surface area contributed by atoms with E-state index in [0.717, 1.165) is 31.9 Å². The summed E-state index contributed by atoms with van der Waals surface area (Å²) in [4.78, 5) is 6.74. The molecule has 1 saturated heterocycles. The van der Waals surface area contributed by atoms with E-state index in [9.17, 15) is 0 Å². The summed E-state index contributed by atoms with van der Waals surface area (Å²) in [5.74, 6) is 1.46. The molecule has 0 radical (unpaired) electrons. The van der Waals surface area contributed by atoms with E-state index in [0.29, 0.717) is 12.5 Å². The van der Waals surface area contributed by atoms with E-state index >= 15 is 0 Å². The molecule has 4 rings (SSSR count). The number of nitrogens with one attached hydrogen (secondary N) is 1. The molecule has 1 unspecified atom stereocenters. The number of hydrogen-bond donors (Lipinski definition) is 1. The van der Waals surface area contributed by atoms with Crippen molar-refractivity contribution in [1.82, 2.24) is 20.1 Å². The van der Waals surface area contributed by atoms with Crippen LogP contribution >= 0.6 is 0 Å². The van der Waals surface area contributed by atoms with Crippen molar-refractivity contribution < 1.29 is 4.74 Å². The Morgan fingerprint density at radius 2 is 1.73 bits per heavy atom. The Balaban J connectivity index is 1.35. The topological polar surface area (TPSA) is 54.0 Å². The van der Waals surface area contributed by atoms with Crippen LogP contribution in [0.25, 0.3) is 0 Å². The first-order valence-corrected chi connectivity index (χ1v) is 9.19. The summed E-state index contributed by atoms with van der Waals surface area (Å²) in [5, 5.41) is 6.96. The molecule has 0 bridgehead atoms. The van der Waals surface area contributed by atoms with Gasteiger partial charge >= 0.3 is 0 Å². The van der Waals surface area contributed by atoms with E-state index in [1.54, 1.807) is 6.33 Å². The van der Waals surface area contributed by atoms with Crippen molar-refractivity contribution in [2.24, 2.45) is 0 Å². The minimum absolute atomic E-state index is 0.0231. The molecule has 134 valence electrons. The fraction of sp³-hybridized carbons (Fsp3) is 0.333. The van der Waals surface area contributed by atoms with Crippen molar-refractivity contribution in [2.75, 3.05) is 26.2 Å². The van der Waals surface area contributed by atoms with Crippen molar-refractivity contribution in [3.63, 3.8) is 0 Å². The molecule has 0 aliphatic carbocycles. The van der Waals surface area contributed by atoms with Gasteiger partial charge in [0.15, 0.2) is 0 Å². The van der Waals surface area contributed by atoms with Crippen LogP contribution in [0.1, 0.15) is 35.4 Å². The zero-order valence-corrected chi connectivity index (χ0v) is 14.8. The van der Waals surface area contributed by atoms with Gasteiger partial charge in [-0.3, -0.25) is 5.10 Å². The fourth-order valence-electron chi connectivity index (χ4n) is 3.61. The summed E-state index contributed by atoms with van der Waals surface area (Å²) in [6.45, 7) is 3.73. The van der Waals surface area contributed by atoms with Gasteiger partial charge in [0.2, 0.25) is 0 Å². The highest BCUT2D eigenvalue weighted by molar-refractivity contribution is 5.29. The first-order chi connectivity index (χ1) is 12.9. The van der Waals surface area contributed by atoms with E-state index in [-0.39, 0.29) is 6.10 Å². The molecule has 2 heterocycles. The van der Waals surface area contributed by atoms with Gasteiger partial charge in [-0.15, -0.1) is 0 Å². The van der Waals surface area contributed by atoms with Gasteiger partial charge in [-0.2, -0.15) is 5.10 Å². The molecule has 26 heavy (non-hydrogen) atoms. The monoisotopic (exact) mass is 348 g/mol. The van der Waals surface area contributed by atoms with Crippen LogP contribution < -0.4 is 0 Å². The highest BCUT2D eigenvalue weighted by atomic mass is 16.5. The molecule has 1 N–H and O–H groups in total. The Labute approximate surface area is 154 Å². The SMILES string of the molecule is c1ccc(C(OCCN2CCC(c3ncn[nH]3)C2)c2ccccc2)cc1. The molecule has 0 saturated carbocycles. The summed E-state index contributed by atoms with van der Waals surface area (Å²) in [6.07, 6.45) is 2.69. The molecule has 0 spiro atoms. The Morgan fingerprint density at radius 3 is 2.35 bits per heavy atom.